The maximum atomic E-state index is 12.7. The Morgan fingerprint density at radius 1 is 1.19 bits per heavy atom. The average Bonchev–Trinajstić information content (AvgIpc) is 3.14. The molecule has 1 atom stereocenters. The third-order valence-electron chi connectivity index (χ3n) is 4.93. The molecular weight excluding hydrogens is 442 g/mol. The highest BCUT2D eigenvalue weighted by Gasteiger charge is 2.41. The predicted octanol–water partition coefficient (Wildman–Crippen LogP) is 2.34. The predicted molar refractivity (Wildman–Crippen MR) is 116 cm³/mol. The Balaban J connectivity index is 1.96. The number of nitrogens with zero attached hydrogens (tertiary/aromatic N) is 2. The van der Waals surface area contributed by atoms with Crippen LogP contribution < -0.4 is 5.14 Å². The van der Waals surface area contributed by atoms with Crippen LogP contribution in [0.1, 0.15) is 23.9 Å². The van der Waals surface area contributed by atoms with E-state index in [0.29, 0.717) is 5.56 Å². The molecule has 1 aliphatic heterocycles. The number of sulfonamides is 1. The van der Waals surface area contributed by atoms with Crippen molar-refractivity contribution in [1.29, 1.82) is 0 Å². The SMILES string of the molecule is COC(=O)C(C)N1C(=O)S/C(=C/c2cc(C)n(-c3ccc(S(N)(=O)=O)cc3)c2C)C1=O. The molecule has 1 unspecified atom stereocenters. The van der Waals surface area contributed by atoms with Crippen LogP contribution in [0.15, 0.2) is 40.1 Å². The number of nitrogens with two attached hydrogens (primary N) is 1. The molecule has 2 aromatic rings. The van der Waals surface area contributed by atoms with E-state index in [1.807, 2.05) is 24.5 Å². The number of carbonyl (C=O) groups is 3. The summed E-state index contributed by atoms with van der Waals surface area (Å²) in [6, 6.07) is 6.94. The maximum absolute atomic E-state index is 12.7. The van der Waals surface area contributed by atoms with Crippen LogP contribution in [0.5, 0.6) is 0 Å². The van der Waals surface area contributed by atoms with Gasteiger partial charge in [-0.2, -0.15) is 0 Å². The number of carbonyl (C=O) groups excluding carboxylic acids is 3. The topological polar surface area (TPSA) is 129 Å². The molecule has 2 amide bonds. The molecule has 3 rings (SSSR count). The quantitative estimate of drug-likeness (QED) is 0.532. The fraction of sp³-hybridized carbons (Fsp3) is 0.250. The van der Waals surface area contributed by atoms with Crippen molar-refractivity contribution in [3.63, 3.8) is 0 Å². The zero-order valence-electron chi connectivity index (χ0n) is 17.3. The zero-order chi connectivity index (χ0) is 23.1. The number of esters is 1. The van der Waals surface area contributed by atoms with Gasteiger partial charge in [-0.25, -0.2) is 18.4 Å². The monoisotopic (exact) mass is 463 g/mol. The van der Waals surface area contributed by atoms with Crippen molar-refractivity contribution in [2.45, 2.75) is 31.7 Å². The summed E-state index contributed by atoms with van der Waals surface area (Å²) in [5.74, 6) is -1.24. The van der Waals surface area contributed by atoms with Crippen LogP contribution in [0.4, 0.5) is 4.79 Å². The molecule has 11 heteroatoms. The third kappa shape index (κ3) is 4.29. The van der Waals surface area contributed by atoms with Gasteiger partial charge in [0.05, 0.1) is 16.9 Å². The highest BCUT2D eigenvalue weighted by atomic mass is 32.2. The molecule has 9 nitrogen and oxygen atoms in total. The number of hydrogen-bond donors (Lipinski definition) is 1. The Hall–Kier alpha value is -2.89. The minimum Gasteiger partial charge on any atom is -0.467 e. The van der Waals surface area contributed by atoms with Crippen molar-refractivity contribution >= 4 is 45.0 Å². The maximum Gasteiger partial charge on any atom is 0.328 e. The molecule has 0 saturated carbocycles. The molecule has 2 N–H and O–H groups in total. The number of aryl methyl sites for hydroxylation is 1. The van der Waals surface area contributed by atoms with Gasteiger partial charge < -0.3 is 9.30 Å². The Labute approximate surface area is 183 Å². The van der Waals surface area contributed by atoms with Gasteiger partial charge >= 0.3 is 5.97 Å². The van der Waals surface area contributed by atoms with Crippen molar-refractivity contribution in [2.24, 2.45) is 5.14 Å². The Morgan fingerprint density at radius 3 is 2.35 bits per heavy atom. The van der Waals surface area contributed by atoms with Gasteiger partial charge in [-0.1, -0.05) is 0 Å². The van der Waals surface area contributed by atoms with Gasteiger partial charge in [0.25, 0.3) is 11.1 Å². The number of imide groups is 1. The molecule has 1 aromatic carbocycles. The molecule has 0 bridgehead atoms. The zero-order valence-corrected chi connectivity index (χ0v) is 18.9. The second-order valence-corrected chi connectivity index (χ2v) is 9.51. The van der Waals surface area contributed by atoms with E-state index >= 15 is 0 Å². The van der Waals surface area contributed by atoms with Crippen LogP contribution in [0.2, 0.25) is 0 Å². The van der Waals surface area contributed by atoms with Gasteiger partial charge in [-0.05, 0) is 74.5 Å². The van der Waals surface area contributed by atoms with E-state index in [2.05, 4.69) is 4.74 Å². The van der Waals surface area contributed by atoms with E-state index < -0.39 is 33.2 Å². The van der Waals surface area contributed by atoms with E-state index in [-0.39, 0.29) is 9.80 Å². The van der Waals surface area contributed by atoms with E-state index in [4.69, 9.17) is 5.14 Å². The van der Waals surface area contributed by atoms with Crippen molar-refractivity contribution in [3.8, 4) is 5.69 Å². The standard InChI is InChI=1S/C20H21N3O6S2/c1-11-9-14(10-17-18(24)23(20(26)30-17)13(3)19(25)29-4)12(2)22(11)15-5-7-16(8-6-15)31(21,27)28/h5-10,13H,1-4H3,(H2,21,27,28)/b17-10+. The summed E-state index contributed by atoms with van der Waals surface area (Å²) >= 11 is 0.758. The molecule has 1 aromatic heterocycles. The van der Waals surface area contributed by atoms with Gasteiger partial charge in [-0.15, -0.1) is 0 Å². The van der Waals surface area contributed by atoms with Gasteiger partial charge in [0.1, 0.15) is 6.04 Å². The van der Waals surface area contributed by atoms with Gasteiger partial charge in [0.2, 0.25) is 10.0 Å². The lowest BCUT2D eigenvalue weighted by atomic mass is 10.2. The smallest absolute Gasteiger partial charge is 0.328 e. The Bertz CT molecular complexity index is 1210. The van der Waals surface area contributed by atoms with Crippen LogP contribution in [-0.4, -0.2) is 48.2 Å². The van der Waals surface area contributed by atoms with Crippen molar-refractivity contribution in [3.05, 3.63) is 52.2 Å². The number of primary sulfonamides is 1. The van der Waals surface area contributed by atoms with Crippen molar-refractivity contribution < 1.29 is 27.5 Å². The number of hydrogen-bond acceptors (Lipinski definition) is 7. The molecule has 1 fully saturated rings. The summed E-state index contributed by atoms with van der Waals surface area (Å²) in [5.41, 5.74) is 3.06. The van der Waals surface area contributed by atoms with Gasteiger partial charge in [-0.3, -0.25) is 14.5 Å². The molecule has 0 radical (unpaired) electrons. The molecule has 164 valence electrons. The summed E-state index contributed by atoms with van der Waals surface area (Å²) in [7, 11) is -2.60. The van der Waals surface area contributed by atoms with Crippen molar-refractivity contribution in [1.82, 2.24) is 9.47 Å². The lowest BCUT2D eigenvalue weighted by Crippen LogP contribution is -2.42. The summed E-state index contributed by atoms with van der Waals surface area (Å²) in [5, 5.41) is 4.61. The molecule has 2 heterocycles. The van der Waals surface area contributed by atoms with Gasteiger partial charge in [0.15, 0.2) is 0 Å². The average molecular weight is 464 g/mol. The summed E-state index contributed by atoms with van der Waals surface area (Å²) in [6.45, 7) is 5.14. The lowest BCUT2D eigenvalue weighted by Gasteiger charge is -2.18. The highest BCUT2D eigenvalue weighted by molar-refractivity contribution is 8.18. The van der Waals surface area contributed by atoms with E-state index in [0.717, 1.165) is 33.7 Å². The third-order valence-corrected chi connectivity index (χ3v) is 6.75. The molecule has 0 aliphatic carbocycles. The van der Waals surface area contributed by atoms with Crippen LogP contribution in [0.3, 0.4) is 0 Å². The second kappa shape index (κ2) is 8.33. The molecular formula is C20H21N3O6S2. The van der Waals surface area contributed by atoms with Crippen LogP contribution in [0.25, 0.3) is 11.8 Å². The fourth-order valence-corrected chi connectivity index (χ4v) is 4.76. The molecule has 0 spiro atoms. The lowest BCUT2D eigenvalue weighted by molar-refractivity contribution is -0.148. The normalized spacial score (nSPS) is 16.8. The number of benzene rings is 1. The number of thioether (sulfide) groups is 1. The number of rotatable bonds is 5. The summed E-state index contributed by atoms with van der Waals surface area (Å²) in [6.07, 6.45) is 1.60. The highest BCUT2D eigenvalue weighted by Crippen LogP contribution is 2.35. The summed E-state index contributed by atoms with van der Waals surface area (Å²) in [4.78, 5) is 37.9. The van der Waals surface area contributed by atoms with Gasteiger partial charge in [0, 0.05) is 17.1 Å². The summed E-state index contributed by atoms with van der Waals surface area (Å²) < 4.78 is 29.5. The first-order chi connectivity index (χ1) is 14.5. The Kier molecular flexibility index (Phi) is 6.12. The fourth-order valence-electron chi connectivity index (χ4n) is 3.35. The Morgan fingerprint density at radius 2 is 1.81 bits per heavy atom. The first-order valence-corrected chi connectivity index (χ1v) is 11.5. The minimum atomic E-state index is -3.79. The number of amides is 2. The number of ether oxygens (including phenoxy) is 1. The second-order valence-electron chi connectivity index (χ2n) is 6.95. The van der Waals surface area contributed by atoms with E-state index in [1.165, 1.54) is 26.2 Å². The molecule has 1 aliphatic rings. The van der Waals surface area contributed by atoms with E-state index in [1.54, 1.807) is 18.2 Å². The van der Waals surface area contributed by atoms with Crippen LogP contribution >= 0.6 is 11.8 Å². The number of methoxy groups -OCH3 is 1. The molecule has 31 heavy (non-hydrogen) atoms. The largest absolute Gasteiger partial charge is 0.467 e. The first-order valence-electron chi connectivity index (χ1n) is 9.12. The van der Waals surface area contributed by atoms with Crippen molar-refractivity contribution in [2.75, 3.05) is 7.11 Å². The number of aromatic nitrogens is 1. The minimum absolute atomic E-state index is 0.00679. The van der Waals surface area contributed by atoms with Crippen LogP contribution in [-0.2, 0) is 24.3 Å². The van der Waals surface area contributed by atoms with E-state index in [9.17, 15) is 22.8 Å². The molecule has 1 saturated heterocycles. The first kappa shape index (κ1) is 22.8. The van der Waals surface area contributed by atoms with Crippen LogP contribution in [0, 0.1) is 13.8 Å².